The highest BCUT2D eigenvalue weighted by atomic mass is 35.5. The predicted molar refractivity (Wildman–Crippen MR) is 101 cm³/mol. The number of benzene rings is 2. The van der Waals surface area contributed by atoms with Gasteiger partial charge in [0.05, 0.1) is 28.3 Å². The third-order valence-corrected chi connectivity index (χ3v) is 4.69. The fourth-order valence-electron chi connectivity index (χ4n) is 2.94. The summed E-state index contributed by atoms with van der Waals surface area (Å²) in [5.41, 5.74) is 1.05. The minimum absolute atomic E-state index is 0.103. The van der Waals surface area contributed by atoms with Crippen molar-refractivity contribution in [3.05, 3.63) is 70.4 Å². The van der Waals surface area contributed by atoms with E-state index in [1.807, 2.05) is 10.6 Å². The normalized spacial score (nSPS) is 11.8. The Morgan fingerprint density at radius 3 is 2.54 bits per heavy atom. The maximum Gasteiger partial charge on any atom is 0.416 e. The van der Waals surface area contributed by atoms with E-state index in [9.17, 15) is 18.0 Å². The van der Waals surface area contributed by atoms with Gasteiger partial charge in [0.2, 0.25) is 0 Å². The number of carbonyl (C=O) groups excluding carboxylic acids is 1. The molecule has 1 amide bonds. The number of rotatable bonds is 6. The smallest absolute Gasteiger partial charge is 0.383 e. The molecule has 4 nitrogen and oxygen atoms in total. The summed E-state index contributed by atoms with van der Waals surface area (Å²) < 4.78 is 44.9. The number of carbonyl (C=O) groups is 1. The molecule has 0 fully saturated rings. The van der Waals surface area contributed by atoms with Crippen molar-refractivity contribution < 1.29 is 22.7 Å². The van der Waals surface area contributed by atoms with Crippen LogP contribution in [0, 0.1) is 0 Å². The molecule has 0 bridgehead atoms. The SMILES string of the molecule is COCCn1cc(C(=O)NCc2ccc(C(F)(F)F)cc2)c2c(Cl)cccc21. The number of nitrogens with one attached hydrogen (secondary N) is 1. The van der Waals surface area contributed by atoms with Crippen molar-refractivity contribution in [2.45, 2.75) is 19.3 Å². The van der Waals surface area contributed by atoms with Crippen LogP contribution < -0.4 is 5.32 Å². The Balaban J connectivity index is 1.80. The van der Waals surface area contributed by atoms with E-state index in [4.69, 9.17) is 16.3 Å². The maximum absolute atomic E-state index is 12.7. The van der Waals surface area contributed by atoms with Gasteiger partial charge >= 0.3 is 6.18 Å². The van der Waals surface area contributed by atoms with E-state index in [2.05, 4.69) is 5.32 Å². The zero-order valence-electron chi connectivity index (χ0n) is 15.0. The Labute approximate surface area is 164 Å². The van der Waals surface area contributed by atoms with Crippen molar-refractivity contribution in [3.8, 4) is 0 Å². The highest BCUT2D eigenvalue weighted by molar-refractivity contribution is 6.36. The molecule has 1 aromatic heterocycles. The van der Waals surface area contributed by atoms with Gasteiger partial charge in [0.1, 0.15) is 0 Å². The summed E-state index contributed by atoms with van der Waals surface area (Å²) in [6.45, 7) is 1.13. The van der Waals surface area contributed by atoms with Crippen LogP contribution in [0.2, 0.25) is 5.02 Å². The van der Waals surface area contributed by atoms with Gasteiger partial charge < -0.3 is 14.6 Å². The number of alkyl halides is 3. The Morgan fingerprint density at radius 1 is 1.18 bits per heavy atom. The molecule has 0 aliphatic rings. The lowest BCUT2D eigenvalue weighted by Gasteiger charge is -2.08. The lowest BCUT2D eigenvalue weighted by Crippen LogP contribution is -2.22. The average molecular weight is 411 g/mol. The van der Waals surface area contributed by atoms with E-state index in [1.165, 1.54) is 12.1 Å². The molecule has 0 aliphatic carbocycles. The predicted octanol–water partition coefficient (Wildman–Crippen LogP) is 4.89. The van der Waals surface area contributed by atoms with E-state index < -0.39 is 11.7 Å². The van der Waals surface area contributed by atoms with Crippen LogP contribution in [0.5, 0.6) is 0 Å². The van der Waals surface area contributed by atoms with Crippen molar-refractivity contribution in [1.29, 1.82) is 0 Å². The molecule has 0 unspecified atom stereocenters. The second-order valence-corrected chi connectivity index (χ2v) is 6.65. The van der Waals surface area contributed by atoms with Gasteiger partial charge in [0, 0.05) is 31.8 Å². The number of halogens is 4. The molecule has 0 aliphatic heterocycles. The topological polar surface area (TPSA) is 43.3 Å². The molecule has 0 saturated heterocycles. The summed E-state index contributed by atoms with van der Waals surface area (Å²) in [7, 11) is 1.59. The second kappa shape index (κ2) is 8.24. The minimum atomic E-state index is -4.39. The molecule has 8 heteroatoms. The fraction of sp³-hybridized carbons (Fsp3) is 0.250. The Morgan fingerprint density at radius 2 is 1.89 bits per heavy atom. The molecule has 0 radical (unpaired) electrons. The summed E-state index contributed by atoms with van der Waals surface area (Å²) in [5, 5.41) is 3.82. The number of amides is 1. The van der Waals surface area contributed by atoms with Gasteiger partial charge in [-0.25, -0.2) is 0 Å². The zero-order valence-corrected chi connectivity index (χ0v) is 15.8. The molecule has 28 heavy (non-hydrogen) atoms. The summed E-state index contributed by atoms with van der Waals surface area (Å²) in [6, 6.07) is 10.1. The summed E-state index contributed by atoms with van der Waals surface area (Å²) in [5.74, 6) is -0.353. The number of ether oxygens (including phenoxy) is 1. The first-order valence-electron chi connectivity index (χ1n) is 8.52. The molecule has 0 spiro atoms. The first-order valence-corrected chi connectivity index (χ1v) is 8.89. The van der Waals surface area contributed by atoms with E-state index in [1.54, 1.807) is 25.4 Å². The highest BCUT2D eigenvalue weighted by Gasteiger charge is 2.29. The van der Waals surface area contributed by atoms with Gasteiger partial charge in [-0.1, -0.05) is 29.8 Å². The molecule has 1 heterocycles. The third kappa shape index (κ3) is 4.31. The van der Waals surface area contributed by atoms with Crippen molar-refractivity contribution in [3.63, 3.8) is 0 Å². The van der Waals surface area contributed by atoms with Gasteiger partial charge in [-0.05, 0) is 29.8 Å². The van der Waals surface area contributed by atoms with Gasteiger partial charge in [-0.2, -0.15) is 13.2 Å². The number of aromatic nitrogens is 1. The number of fused-ring (bicyclic) bond motifs is 1. The van der Waals surface area contributed by atoms with Crippen LogP contribution in [0.3, 0.4) is 0 Å². The van der Waals surface area contributed by atoms with Gasteiger partial charge in [0.25, 0.3) is 5.91 Å². The first kappa shape index (κ1) is 20.2. The van der Waals surface area contributed by atoms with Crippen LogP contribution in [0.25, 0.3) is 10.9 Å². The monoisotopic (exact) mass is 410 g/mol. The largest absolute Gasteiger partial charge is 0.416 e. The number of nitrogens with zero attached hydrogens (tertiary/aromatic N) is 1. The number of hydrogen-bond donors (Lipinski definition) is 1. The van der Waals surface area contributed by atoms with Crippen molar-refractivity contribution >= 4 is 28.4 Å². The van der Waals surface area contributed by atoms with Crippen LogP contribution in [-0.2, 0) is 24.0 Å². The van der Waals surface area contributed by atoms with Crippen molar-refractivity contribution in [2.75, 3.05) is 13.7 Å². The van der Waals surface area contributed by atoms with E-state index >= 15 is 0 Å². The molecule has 3 rings (SSSR count). The Hall–Kier alpha value is -2.51. The minimum Gasteiger partial charge on any atom is -0.383 e. The van der Waals surface area contributed by atoms with Crippen molar-refractivity contribution in [1.82, 2.24) is 9.88 Å². The Bertz CT molecular complexity index is 982. The van der Waals surface area contributed by atoms with Gasteiger partial charge in [-0.3, -0.25) is 4.79 Å². The zero-order chi connectivity index (χ0) is 20.3. The highest BCUT2D eigenvalue weighted by Crippen LogP contribution is 2.30. The molecule has 3 aromatic rings. The fourth-order valence-corrected chi connectivity index (χ4v) is 3.22. The second-order valence-electron chi connectivity index (χ2n) is 6.24. The van der Waals surface area contributed by atoms with Crippen LogP contribution in [-0.4, -0.2) is 24.2 Å². The molecule has 2 aromatic carbocycles. The van der Waals surface area contributed by atoms with Crippen LogP contribution >= 0.6 is 11.6 Å². The average Bonchev–Trinajstić information content (AvgIpc) is 3.04. The van der Waals surface area contributed by atoms with E-state index in [0.717, 1.165) is 17.6 Å². The third-order valence-electron chi connectivity index (χ3n) is 4.37. The van der Waals surface area contributed by atoms with E-state index in [-0.39, 0.29) is 12.5 Å². The van der Waals surface area contributed by atoms with Crippen LogP contribution in [0.15, 0.2) is 48.7 Å². The van der Waals surface area contributed by atoms with Gasteiger partial charge in [-0.15, -0.1) is 0 Å². The quantitative estimate of drug-likeness (QED) is 0.628. The maximum atomic E-state index is 12.7. The summed E-state index contributed by atoms with van der Waals surface area (Å²) >= 11 is 6.30. The molecular formula is C20H18ClF3N2O2. The van der Waals surface area contributed by atoms with E-state index in [0.29, 0.717) is 34.7 Å². The van der Waals surface area contributed by atoms with Crippen molar-refractivity contribution in [2.24, 2.45) is 0 Å². The molecular weight excluding hydrogens is 393 g/mol. The lowest BCUT2D eigenvalue weighted by atomic mass is 10.1. The van der Waals surface area contributed by atoms with Crippen LogP contribution in [0.4, 0.5) is 13.2 Å². The lowest BCUT2D eigenvalue weighted by molar-refractivity contribution is -0.137. The molecule has 0 saturated carbocycles. The Kier molecular flexibility index (Phi) is 5.96. The first-order chi connectivity index (χ1) is 13.3. The number of methoxy groups -OCH3 is 1. The van der Waals surface area contributed by atoms with Crippen LogP contribution in [0.1, 0.15) is 21.5 Å². The molecule has 148 valence electrons. The molecule has 0 atom stereocenters. The van der Waals surface area contributed by atoms with Gasteiger partial charge in [0.15, 0.2) is 0 Å². The summed E-state index contributed by atoms with van der Waals surface area (Å²) in [6.07, 6.45) is -2.68. The number of hydrogen-bond acceptors (Lipinski definition) is 2. The summed E-state index contributed by atoms with van der Waals surface area (Å²) in [4.78, 5) is 12.7. The molecule has 1 N–H and O–H groups in total. The standard InChI is InChI=1S/C20H18ClF3N2O2/c1-28-10-9-26-12-15(18-16(21)3-2-4-17(18)26)19(27)25-11-13-5-7-14(8-6-13)20(22,23)24/h2-8,12H,9-11H2,1H3,(H,25,27).